The Morgan fingerprint density at radius 3 is 2.36 bits per heavy atom. The lowest BCUT2D eigenvalue weighted by Crippen LogP contribution is -2.52. The Morgan fingerprint density at radius 1 is 1.23 bits per heavy atom. The number of benzene rings is 1. The van der Waals surface area contributed by atoms with Gasteiger partial charge in [0.2, 0.25) is 5.91 Å². The van der Waals surface area contributed by atoms with Gasteiger partial charge in [0.05, 0.1) is 6.10 Å². The first-order valence-electron chi connectivity index (χ1n) is 7.73. The first-order valence-corrected chi connectivity index (χ1v) is 7.73. The lowest BCUT2D eigenvalue weighted by atomic mass is 9.94. The Kier molecular flexibility index (Phi) is 5.19. The summed E-state index contributed by atoms with van der Waals surface area (Å²) >= 11 is 0. The molecule has 122 valence electrons. The zero-order valence-corrected chi connectivity index (χ0v) is 13.6. The molecule has 0 aliphatic carbocycles. The van der Waals surface area contributed by atoms with Crippen molar-refractivity contribution in [1.82, 2.24) is 9.80 Å². The summed E-state index contributed by atoms with van der Waals surface area (Å²) in [6.07, 6.45) is -0.842. The van der Waals surface area contributed by atoms with Gasteiger partial charge in [-0.2, -0.15) is 0 Å². The zero-order chi connectivity index (χ0) is 16.3. The molecule has 2 rings (SSSR count). The minimum absolute atomic E-state index is 0.154. The molecule has 0 spiro atoms. The molecule has 1 amide bonds. The van der Waals surface area contributed by atoms with Crippen LogP contribution in [0.5, 0.6) is 0 Å². The second-order valence-corrected chi connectivity index (χ2v) is 6.88. The van der Waals surface area contributed by atoms with Crippen LogP contribution in [0.3, 0.4) is 0 Å². The van der Waals surface area contributed by atoms with Crippen LogP contribution in [0.4, 0.5) is 4.39 Å². The Hall–Kier alpha value is -1.46. The smallest absolute Gasteiger partial charge is 0.228 e. The number of piperazine rings is 1. The quantitative estimate of drug-likeness (QED) is 0.929. The van der Waals surface area contributed by atoms with Crippen molar-refractivity contribution < 1.29 is 14.3 Å². The van der Waals surface area contributed by atoms with E-state index >= 15 is 0 Å². The lowest BCUT2D eigenvalue weighted by molar-refractivity contribution is -0.141. The van der Waals surface area contributed by atoms with Crippen molar-refractivity contribution in [2.45, 2.75) is 26.9 Å². The maximum Gasteiger partial charge on any atom is 0.228 e. The van der Waals surface area contributed by atoms with E-state index in [9.17, 15) is 14.3 Å². The SMILES string of the molecule is CC(C)(C)C(=O)N1CCN(CC(O)c2ccccc2F)CC1. The van der Waals surface area contributed by atoms with Crippen molar-refractivity contribution in [3.05, 3.63) is 35.6 Å². The van der Waals surface area contributed by atoms with Crippen LogP contribution < -0.4 is 0 Å². The summed E-state index contributed by atoms with van der Waals surface area (Å²) in [5.41, 5.74) is -0.0369. The van der Waals surface area contributed by atoms with E-state index in [1.54, 1.807) is 18.2 Å². The topological polar surface area (TPSA) is 43.8 Å². The van der Waals surface area contributed by atoms with Crippen molar-refractivity contribution in [2.24, 2.45) is 5.41 Å². The monoisotopic (exact) mass is 308 g/mol. The van der Waals surface area contributed by atoms with E-state index in [0.717, 1.165) is 0 Å². The van der Waals surface area contributed by atoms with E-state index in [2.05, 4.69) is 4.90 Å². The first kappa shape index (κ1) is 16.9. The number of rotatable bonds is 3. The van der Waals surface area contributed by atoms with Gasteiger partial charge in [-0.15, -0.1) is 0 Å². The Balaban J connectivity index is 1.88. The average Bonchev–Trinajstić information content (AvgIpc) is 2.46. The predicted octanol–water partition coefficient (Wildman–Crippen LogP) is 2.05. The minimum atomic E-state index is -0.842. The molecule has 1 aromatic rings. The largest absolute Gasteiger partial charge is 0.387 e. The van der Waals surface area contributed by atoms with Crippen molar-refractivity contribution in [3.8, 4) is 0 Å². The highest BCUT2D eigenvalue weighted by Gasteiger charge is 2.30. The van der Waals surface area contributed by atoms with Crippen LogP contribution >= 0.6 is 0 Å². The number of amides is 1. The van der Waals surface area contributed by atoms with Crippen LogP contribution in [0.25, 0.3) is 0 Å². The van der Waals surface area contributed by atoms with Gasteiger partial charge in [0.15, 0.2) is 0 Å². The number of aliphatic hydroxyl groups is 1. The predicted molar refractivity (Wildman–Crippen MR) is 83.8 cm³/mol. The van der Waals surface area contributed by atoms with Gasteiger partial charge in [-0.3, -0.25) is 9.69 Å². The summed E-state index contributed by atoms with van der Waals surface area (Å²) < 4.78 is 13.7. The third kappa shape index (κ3) is 4.05. The van der Waals surface area contributed by atoms with Gasteiger partial charge in [-0.1, -0.05) is 39.0 Å². The molecule has 0 radical (unpaired) electrons. The molecule has 1 fully saturated rings. The molecule has 1 saturated heterocycles. The number of hydrogen-bond donors (Lipinski definition) is 1. The van der Waals surface area contributed by atoms with Crippen LogP contribution in [-0.4, -0.2) is 53.5 Å². The average molecular weight is 308 g/mol. The van der Waals surface area contributed by atoms with E-state index in [0.29, 0.717) is 38.3 Å². The number of carbonyl (C=O) groups is 1. The van der Waals surface area contributed by atoms with E-state index in [-0.39, 0.29) is 17.1 Å². The van der Waals surface area contributed by atoms with E-state index in [1.165, 1.54) is 6.07 Å². The normalized spacial score (nSPS) is 18.3. The molecule has 1 heterocycles. The van der Waals surface area contributed by atoms with Crippen LogP contribution in [0, 0.1) is 11.2 Å². The highest BCUT2D eigenvalue weighted by molar-refractivity contribution is 5.81. The number of halogens is 1. The highest BCUT2D eigenvalue weighted by Crippen LogP contribution is 2.21. The summed E-state index contributed by atoms with van der Waals surface area (Å²) in [7, 11) is 0. The Labute approximate surface area is 131 Å². The second kappa shape index (κ2) is 6.75. The van der Waals surface area contributed by atoms with Gasteiger partial charge in [0.1, 0.15) is 5.82 Å². The molecule has 22 heavy (non-hydrogen) atoms. The summed E-state index contributed by atoms with van der Waals surface area (Å²) in [5.74, 6) is -0.224. The number of hydrogen-bond acceptors (Lipinski definition) is 3. The zero-order valence-electron chi connectivity index (χ0n) is 13.6. The van der Waals surface area contributed by atoms with E-state index in [4.69, 9.17) is 0 Å². The molecule has 1 aromatic carbocycles. The summed E-state index contributed by atoms with van der Waals surface area (Å²) in [4.78, 5) is 16.2. The summed E-state index contributed by atoms with van der Waals surface area (Å²) in [5, 5.41) is 10.2. The molecule has 1 atom stereocenters. The lowest BCUT2D eigenvalue weighted by Gasteiger charge is -2.38. The van der Waals surface area contributed by atoms with Crippen LogP contribution in [0.1, 0.15) is 32.4 Å². The molecule has 0 aromatic heterocycles. The molecule has 1 aliphatic rings. The summed E-state index contributed by atoms with van der Waals surface area (Å²) in [6, 6.07) is 6.31. The van der Waals surface area contributed by atoms with Crippen LogP contribution in [0.2, 0.25) is 0 Å². The van der Waals surface area contributed by atoms with Gasteiger partial charge >= 0.3 is 0 Å². The maximum absolute atomic E-state index is 13.7. The van der Waals surface area contributed by atoms with Gasteiger partial charge in [0.25, 0.3) is 0 Å². The standard InChI is InChI=1S/C17H25FN2O2/c1-17(2,3)16(22)20-10-8-19(9-11-20)12-15(21)13-6-4-5-7-14(13)18/h4-7,15,21H,8-12H2,1-3H3. The molecule has 1 unspecified atom stereocenters. The van der Waals surface area contributed by atoms with Crippen molar-refractivity contribution in [2.75, 3.05) is 32.7 Å². The Bertz CT molecular complexity index is 520. The second-order valence-electron chi connectivity index (χ2n) is 6.88. The first-order chi connectivity index (χ1) is 10.3. The maximum atomic E-state index is 13.7. The number of nitrogens with zero attached hydrogens (tertiary/aromatic N) is 2. The van der Waals surface area contributed by atoms with Crippen LogP contribution in [0.15, 0.2) is 24.3 Å². The van der Waals surface area contributed by atoms with Gasteiger partial charge in [0, 0.05) is 43.7 Å². The van der Waals surface area contributed by atoms with Gasteiger partial charge in [-0.05, 0) is 6.07 Å². The third-order valence-electron chi connectivity index (χ3n) is 4.00. The van der Waals surface area contributed by atoms with Crippen LogP contribution in [-0.2, 0) is 4.79 Å². The number of aliphatic hydroxyl groups excluding tert-OH is 1. The molecular weight excluding hydrogens is 283 g/mol. The number of carbonyl (C=O) groups excluding carboxylic acids is 1. The fourth-order valence-electron chi connectivity index (χ4n) is 2.70. The van der Waals surface area contributed by atoms with Gasteiger partial charge < -0.3 is 10.0 Å². The van der Waals surface area contributed by atoms with Gasteiger partial charge in [-0.25, -0.2) is 4.39 Å². The molecule has 0 saturated carbocycles. The van der Waals surface area contributed by atoms with Crippen molar-refractivity contribution in [3.63, 3.8) is 0 Å². The fraction of sp³-hybridized carbons (Fsp3) is 0.588. The molecule has 5 heteroatoms. The Morgan fingerprint density at radius 2 is 1.82 bits per heavy atom. The molecule has 1 N–H and O–H groups in total. The molecule has 1 aliphatic heterocycles. The molecule has 4 nitrogen and oxygen atoms in total. The van der Waals surface area contributed by atoms with Crippen molar-refractivity contribution in [1.29, 1.82) is 0 Å². The summed E-state index contributed by atoms with van der Waals surface area (Å²) in [6.45, 7) is 8.86. The van der Waals surface area contributed by atoms with E-state index < -0.39 is 6.10 Å². The third-order valence-corrected chi connectivity index (χ3v) is 4.00. The molecule has 0 bridgehead atoms. The highest BCUT2D eigenvalue weighted by atomic mass is 19.1. The minimum Gasteiger partial charge on any atom is -0.387 e. The fourth-order valence-corrected chi connectivity index (χ4v) is 2.70. The van der Waals surface area contributed by atoms with Crippen molar-refractivity contribution >= 4 is 5.91 Å². The molecular formula is C17H25FN2O2. The number of β-amino-alcohol motifs (C(OH)–C–C–N with tert-alkyl or cyclic N) is 1. The van der Waals surface area contributed by atoms with E-state index in [1.807, 2.05) is 25.7 Å².